The molecular weight excluding hydrogens is 354 g/mol. The van der Waals surface area contributed by atoms with Gasteiger partial charge in [0.1, 0.15) is 0 Å². The van der Waals surface area contributed by atoms with E-state index in [1.165, 1.54) is 0 Å². The van der Waals surface area contributed by atoms with Gasteiger partial charge in [-0.25, -0.2) is 0 Å². The predicted molar refractivity (Wildman–Crippen MR) is 101 cm³/mol. The molecule has 8 heteroatoms. The Bertz CT molecular complexity index is 842. The number of hydrogen-bond acceptors (Lipinski definition) is 5. The van der Waals surface area contributed by atoms with Gasteiger partial charge in [-0.1, -0.05) is 23.7 Å². The number of amides is 1. The lowest BCUT2D eigenvalue weighted by Gasteiger charge is -2.30. The number of benzene rings is 2. The van der Waals surface area contributed by atoms with E-state index in [2.05, 4.69) is 10.2 Å². The first-order valence-corrected chi connectivity index (χ1v) is 8.86. The Morgan fingerprint density at radius 1 is 1.23 bits per heavy atom. The van der Waals surface area contributed by atoms with E-state index >= 15 is 0 Å². The first-order chi connectivity index (χ1) is 12.6. The number of nitrogens with zero attached hydrogens (tertiary/aromatic N) is 1. The van der Waals surface area contributed by atoms with Gasteiger partial charge >= 0.3 is 7.12 Å². The lowest BCUT2D eigenvalue weighted by atomic mass is 9.78. The van der Waals surface area contributed by atoms with Crippen LogP contribution in [0.15, 0.2) is 36.4 Å². The number of carbonyl (C=O) groups is 1. The van der Waals surface area contributed by atoms with Crippen molar-refractivity contribution in [2.75, 3.05) is 36.5 Å². The lowest BCUT2D eigenvalue weighted by Crippen LogP contribution is -2.36. The molecule has 0 spiro atoms. The highest BCUT2D eigenvalue weighted by Gasteiger charge is 2.29. The van der Waals surface area contributed by atoms with Crippen LogP contribution in [0.5, 0.6) is 0 Å². The maximum Gasteiger partial charge on any atom is 0.491 e. The molecule has 2 heterocycles. The number of para-hydroxylation sites is 2. The molecule has 4 rings (SSSR count). The predicted octanol–water partition coefficient (Wildman–Crippen LogP) is 1.65. The zero-order chi connectivity index (χ0) is 18.1. The minimum absolute atomic E-state index is 0.290. The smallest absolute Gasteiger partial charge is 0.423 e. The van der Waals surface area contributed by atoms with E-state index < -0.39 is 7.12 Å². The van der Waals surface area contributed by atoms with Crippen molar-refractivity contribution in [1.82, 2.24) is 0 Å². The molecule has 1 amide bonds. The van der Waals surface area contributed by atoms with Gasteiger partial charge in [-0.05, 0) is 35.3 Å². The van der Waals surface area contributed by atoms with Crippen molar-refractivity contribution in [1.29, 1.82) is 0 Å². The molecule has 0 bridgehead atoms. The van der Waals surface area contributed by atoms with Crippen LogP contribution in [0.2, 0.25) is 5.02 Å². The minimum atomic E-state index is -1.02. The molecule has 2 aliphatic rings. The van der Waals surface area contributed by atoms with Gasteiger partial charge in [-0.15, -0.1) is 0 Å². The number of morpholine rings is 1. The van der Waals surface area contributed by atoms with Crippen LogP contribution in [0.25, 0.3) is 0 Å². The van der Waals surface area contributed by atoms with Crippen LogP contribution < -0.4 is 15.7 Å². The normalized spacial score (nSPS) is 16.5. The fourth-order valence-corrected chi connectivity index (χ4v) is 3.54. The second kappa shape index (κ2) is 7.29. The molecule has 0 saturated carbocycles. The summed E-state index contributed by atoms with van der Waals surface area (Å²) in [4.78, 5) is 15.0. The fourth-order valence-electron chi connectivity index (χ4n) is 3.27. The Kier molecular flexibility index (Phi) is 4.87. The fraction of sp³-hybridized carbons (Fsp3) is 0.278. The average molecular weight is 373 g/mol. The zero-order valence-electron chi connectivity index (χ0n) is 14.1. The van der Waals surface area contributed by atoms with Gasteiger partial charge in [0.2, 0.25) is 0 Å². The summed E-state index contributed by atoms with van der Waals surface area (Å²) in [6.45, 7) is 3.16. The Labute approximate surface area is 156 Å². The first kappa shape index (κ1) is 17.4. The van der Waals surface area contributed by atoms with Gasteiger partial charge in [0.05, 0.1) is 41.8 Å². The second-order valence-corrected chi connectivity index (χ2v) is 6.67. The van der Waals surface area contributed by atoms with Gasteiger partial charge in [0.15, 0.2) is 0 Å². The molecule has 1 saturated heterocycles. The largest absolute Gasteiger partial charge is 0.491 e. The quantitative estimate of drug-likeness (QED) is 0.802. The average Bonchev–Trinajstić information content (AvgIpc) is 3.02. The van der Waals surface area contributed by atoms with Crippen LogP contribution >= 0.6 is 11.6 Å². The number of hydrogen-bond donors (Lipinski definition) is 2. The third kappa shape index (κ3) is 3.31. The highest BCUT2D eigenvalue weighted by Crippen LogP contribution is 2.28. The highest BCUT2D eigenvalue weighted by atomic mass is 35.5. The van der Waals surface area contributed by atoms with Crippen molar-refractivity contribution in [3.63, 3.8) is 0 Å². The molecule has 6 nitrogen and oxygen atoms in total. The molecule has 0 unspecified atom stereocenters. The van der Waals surface area contributed by atoms with Crippen molar-refractivity contribution < 1.29 is 19.2 Å². The summed E-state index contributed by atoms with van der Waals surface area (Å²) in [6, 6.07) is 10.9. The summed E-state index contributed by atoms with van der Waals surface area (Å²) in [5.41, 5.74) is 3.36. The zero-order valence-corrected chi connectivity index (χ0v) is 14.8. The van der Waals surface area contributed by atoms with Crippen LogP contribution in [0.3, 0.4) is 0 Å². The highest BCUT2D eigenvalue weighted by molar-refractivity contribution is 6.61. The summed E-state index contributed by atoms with van der Waals surface area (Å²) >= 11 is 6.28. The molecule has 2 aromatic carbocycles. The topological polar surface area (TPSA) is 71.0 Å². The number of fused-ring (bicyclic) bond motifs is 1. The molecule has 2 aliphatic heterocycles. The van der Waals surface area contributed by atoms with Crippen LogP contribution in [0, 0.1) is 0 Å². The summed E-state index contributed by atoms with van der Waals surface area (Å²) in [5, 5.41) is 13.1. The lowest BCUT2D eigenvalue weighted by molar-refractivity contribution is 0.102. The number of rotatable bonds is 3. The monoisotopic (exact) mass is 372 g/mol. The number of anilines is 2. The van der Waals surface area contributed by atoms with Crippen molar-refractivity contribution in [3.05, 3.63) is 52.5 Å². The summed E-state index contributed by atoms with van der Waals surface area (Å²) < 4.78 is 10.6. The van der Waals surface area contributed by atoms with Crippen molar-refractivity contribution in [3.8, 4) is 0 Å². The number of carbonyl (C=O) groups excluding carboxylic acids is 1. The second-order valence-electron chi connectivity index (χ2n) is 6.26. The van der Waals surface area contributed by atoms with Gasteiger partial charge in [0.25, 0.3) is 5.91 Å². The summed E-state index contributed by atoms with van der Waals surface area (Å²) in [6.07, 6.45) is 0. The SMILES string of the molecule is O=C(Nc1ccccc1N1CCOCC1)c1cc2c(cc1Cl)COB2O. The van der Waals surface area contributed by atoms with Crippen LogP contribution in [-0.2, 0) is 16.0 Å². The molecule has 2 aromatic rings. The summed E-state index contributed by atoms with van der Waals surface area (Å²) in [7, 11) is -1.02. The van der Waals surface area contributed by atoms with Crippen molar-refractivity contribution in [2.24, 2.45) is 0 Å². The molecule has 1 fully saturated rings. The Hall–Kier alpha value is -2.06. The van der Waals surface area contributed by atoms with Crippen molar-refractivity contribution >= 4 is 41.5 Å². The van der Waals surface area contributed by atoms with E-state index in [9.17, 15) is 9.82 Å². The van der Waals surface area contributed by atoms with Gasteiger partial charge in [-0.3, -0.25) is 4.79 Å². The molecule has 0 aromatic heterocycles. The van der Waals surface area contributed by atoms with E-state index in [-0.39, 0.29) is 12.5 Å². The van der Waals surface area contributed by atoms with E-state index in [0.29, 0.717) is 35.0 Å². The number of nitrogens with one attached hydrogen (secondary N) is 1. The molecule has 26 heavy (non-hydrogen) atoms. The third-order valence-corrected chi connectivity index (χ3v) is 4.95. The maximum absolute atomic E-state index is 12.8. The molecule has 2 N–H and O–H groups in total. The minimum Gasteiger partial charge on any atom is -0.423 e. The maximum atomic E-state index is 12.8. The van der Waals surface area contributed by atoms with Crippen LogP contribution in [0.4, 0.5) is 11.4 Å². The Morgan fingerprint density at radius 3 is 2.81 bits per heavy atom. The third-order valence-electron chi connectivity index (χ3n) is 4.64. The van der Waals surface area contributed by atoms with Gasteiger partial charge in [-0.2, -0.15) is 0 Å². The van der Waals surface area contributed by atoms with E-state index in [1.54, 1.807) is 12.1 Å². The Morgan fingerprint density at radius 2 is 2.00 bits per heavy atom. The van der Waals surface area contributed by atoms with Crippen LogP contribution in [0.1, 0.15) is 15.9 Å². The van der Waals surface area contributed by atoms with E-state index in [0.717, 1.165) is 24.3 Å². The first-order valence-electron chi connectivity index (χ1n) is 8.48. The Balaban J connectivity index is 1.60. The van der Waals surface area contributed by atoms with Gasteiger partial charge < -0.3 is 24.6 Å². The number of halogens is 1. The van der Waals surface area contributed by atoms with Crippen LogP contribution in [-0.4, -0.2) is 44.4 Å². The van der Waals surface area contributed by atoms with E-state index in [4.69, 9.17) is 21.0 Å². The summed E-state index contributed by atoms with van der Waals surface area (Å²) in [5.74, 6) is -0.322. The number of ether oxygens (including phenoxy) is 1. The van der Waals surface area contributed by atoms with E-state index in [1.807, 2.05) is 24.3 Å². The molecule has 134 valence electrons. The molecule has 0 aliphatic carbocycles. The van der Waals surface area contributed by atoms with Crippen molar-refractivity contribution in [2.45, 2.75) is 6.61 Å². The standard InChI is InChI=1S/C18H18BClN2O4/c20-15-9-12-11-26-19(24)14(12)10-13(15)18(23)21-16-3-1-2-4-17(16)22-5-7-25-8-6-22/h1-4,9-10,24H,5-8,11H2,(H,21,23). The molecule has 0 atom stereocenters. The molecular formula is C18H18BClN2O4. The molecule has 0 radical (unpaired) electrons. The van der Waals surface area contributed by atoms with Gasteiger partial charge in [0, 0.05) is 13.1 Å².